The van der Waals surface area contributed by atoms with E-state index in [1.165, 1.54) is 32.1 Å². The molecule has 5 fully saturated rings. The van der Waals surface area contributed by atoms with E-state index in [-0.39, 0.29) is 15.6 Å². The van der Waals surface area contributed by atoms with Crippen LogP contribution in [0.2, 0.25) is 0 Å². The summed E-state index contributed by atoms with van der Waals surface area (Å²) in [6.45, 7) is 8.10. The van der Waals surface area contributed by atoms with Crippen molar-refractivity contribution in [2.45, 2.75) is 63.1 Å². The van der Waals surface area contributed by atoms with Crippen molar-refractivity contribution in [1.29, 1.82) is 0 Å². The van der Waals surface area contributed by atoms with Gasteiger partial charge in [-0.25, -0.2) is 0 Å². The second-order valence-electron chi connectivity index (χ2n) is 10.6. The average Bonchev–Trinajstić information content (AvgIpc) is 2.74. The molecular formula is C26H37BrN2O4. The van der Waals surface area contributed by atoms with Gasteiger partial charge in [-0.05, 0) is 69.6 Å². The summed E-state index contributed by atoms with van der Waals surface area (Å²) < 4.78 is 17.8. The molecule has 2 atom stereocenters. The third-order valence-electron chi connectivity index (χ3n) is 7.93. The first-order valence-corrected chi connectivity index (χ1v) is 13.5. The molecule has 182 valence electrons. The van der Waals surface area contributed by atoms with Gasteiger partial charge in [0.05, 0.1) is 37.8 Å². The summed E-state index contributed by atoms with van der Waals surface area (Å²) in [5.74, 6) is 3.13. The number of carbonyl (C=O) groups is 1. The molecule has 0 spiro atoms. The third kappa shape index (κ3) is 4.86. The highest BCUT2D eigenvalue weighted by molar-refractivity contribution is 9.10. The van der Waals surface area contributed by atoms with Crippen LogP contribution in [-0.4, -0.2) is 49.7 Å². The van der Waals surface area contributed by atoms with Gasteiger partial charge in [-0.2, -0.15) is 0 Å². The SMILES string of the molecule is CCOc1cc(N2CCOCC2)c(OCC)cc1NC(=O)CC12C[C@H]3C[C@@H](CC(Br)(C3)C1)C2. The summed E-state index contributed by atoms with van der Waals surface area (Å²) in [5, 5.41) is 3.21. The average molecular weight is 521 g/mol. The van der Waals surface area contributed by atoms with Crippen LogP contribution in [0.4, 0.5) is 11.4 Å². The topological polar surface area (TPSA) is 60.0 Å². The fourth-order valence-electron chi connectivity index (χ4n) is 7.32. The van der Waals surface area contributed by atoms with Gasteiger partial charge < -0.3 is 24.4 Å². The smallest absolute Gasteiger partial charge is 0.225 e. The largest absolute Gasteiger partial charge is 0.492 e. The number of carbonyl (C=O) groups excluding carboxylic acids is 1. The van der Waals surface area contributed by atoms with Crippen LogP contribution >= 0.6 is 15.9 Å². The van der Waals surface area contributed by atoms with Crippen LogP contribution in [0, 0.1) is 17.3 Å². The Labute approximate surface area is 205 Å². The predicted octanol–water partition coefficient (Wildman–Crippen LogP) is 5.38. The number of ether oxygens (including phenoxy) is 3. The lowest BCUT2D eigenvalue weighted by molar-refractivity contribution is -0.123. The first-order valence-electron chi connectivity index (χ1n) is 12.7. The first-order chi connectivity index (χ1) is 15.9. The molecule has 33 heavy (non-hydrogen) atoms. The third-order valence-corrected chi connectivity index (χ3v) is 8.86. The molecule has 1 heterocycles. The highest BCUT2D eigenvalue weighted by atomic mass is 79.9. The van der Waals surface area contributed by atoms with Crippen LogP contribution in [0.15, 0.2) is 12.1 Å². The lowest BCUT2D eigenvalue weighted by atomic mass is 9.48. The number of nitrogens with one attached hydrogen (secondary N) is 1. The van der Waals surface area contributed by atoms with Gasteiger partial charge in [0.15, 0.2) is 0 Å². The van der Waals surface area contributed by atoms with Crippen molar-refractivity contribution in [3.8, 4) is 11.5 Å². The van der Waals surface area contributed by atoms with Gasteiger partial charge in [0.25, 0.3) is 0 Å². The van der Waals surface area contributed by atoms with E-state index >= 15 is 0 Å². The standard InChI is InChI=1S/C26H37BrN2O4/c1-3-32-22-11-21(29-5-7-31-8-6-29)23(33-4-2)10-20(22)28-24(30)16-25-12-18-9-19(13-25)15-26(27,14-18)17-25/h10-11,18-19H,3-9,12-17H2,1-2H3,(H,28,30)/t18-,19-,25?,26?/m1/s1. The summed E-state index contributed by atoms with van der Waals surface area (Å²) in [6, 6.07) is 3.97. The number of benzene rings is 1. The molecule has 4 aliphatic carbocycles. The zero-order valence-corrected chi connectivity index (χ0v) is 21.5. The molecule has 0 aromatic heterocycles. The zero-order chi connectivity index (χ0) is 23.1. The van der Waals surface area contributed by atoms with E-state index in [0.29, 0.717) is 44.3 Å². The number of hydrogen-bond acceptors (Lipinski definition) is 5. The molecule has 0 unspecified atom stereocenters. The second-order valence-corrected chi connectivity index (χ2v) is 12.3. The van der Waals surface area contributed by atoms with Gasteiger partial charge in [0.2, 0.25) is 5.91 Å². The Hall–Kier alpha value is -1.47. The van der Waals surface area contributed by atoms with Crippen LogP contribution in [0.1, 0.15) is 58.8 Å². The van der Waals surface area contributed by atoms with Crippen molar-refractivity contribution in [1.82, 2.24) is 0 Å². The molecule has 1 aromatic rings. The maximum atomic E-state index is 13.4. The Bertz CT molecular complexity index is 871. The molecule has 1 aliphatic heterocycles. The second kappa shape index (κ2) is 9.29. The minimum Gasteiger partial charge on any atom is -0.492 e. The molecule has 1 aromatic carbocycles. The van der Waals surface area contributed by atoms with Crippen molar-refractivity contribution < 1.29 is 19.0 Å². The van der Waals surface area contributed by atoms with Crippen molar-refractivity contribution in [2.24, 2.45) is 17.3 Å². The van der Waals surface area contributed by atoms with E-state index in [1.54, 1.807) is 0 Å². The molecule has 7 heteroatoms. The molecule has 1 N–H and O–H groups in total. The first kappa shape index (κ1) is 23.3. The number of hydrogen-bond donors (Lipinski definition) is 1. The van der Waals surface area contributed by atoms with Gasteiger partial charge in [0.1, 0.15) is 11.5 Å². The number of anilines is 2. The molecule has 4 saturated carbocycles. The molecule has 5 aliphatic rings. The number of rotatable bonds is 8. The van der Waals surface area contributed by atoms with Crippen molar-refractivity contribution in [3.05, 3.63) is 12.1 Å². The highest BCUT2D eigenvalue weighted by Gasteiger charge is 2.57. The Morgan fingerprint density at radius 1 is 1.09 bits per heavy atom. The molecule has 1 saturated heterocycles. The summed E-state index contributed by atoms with van der Waals surface area (Å²) in [4.78, 5) is 15.6. The lowest BCUT2D eigenvalue weighted by Crippen LogP contribution is -2.53. The number of amides is 1. The molecule has 6 rings (SSSR count). The van der Waals surface area contributed by atoms with Crippen LogP contribution in [-0.2, 0) is 9.53 Å². The summed E-state index contributed by atoms with van der Waals surface area (Å²) in [6.07, 6.45) is 8.02. The maximum Gasteiger partial charge on any atom is 0.225 e. The monoisotopic (exact) mass is 520 g/mol. The number of nitrogens with zero attached hydrogens (tertiary/aromatic N) is 1. The minimum absolute atomic E-state index is 0.0931. The van der Waals surface area contributed by atoms with Gasteiger partial charge in [-0.15, -0.1) is 0 Å². The van der Waals surface area contributed by atoms with Crippen LogP contribution < -0.4 is 19.7 Å². The molecule has 6 nitrogen and oxygen atoms in total. The van der Waals surface area contributed by atoms with E-state index in [0.717, 1.165) is 42.8 Å². The Morgan fingerprint density at radius 2 is 1.76 bits per heavy atom. The number of halogens is 1. The Morgan fingerprint density at radius 3 is 2.39 bits per heavy atom. The quantitative estimate of drug-likeness (QED) is 0.466. The Balaban J connectivity index is 1.36. The fraction of sp³-hybridized carbons (Fsp3) is 0.731. The maximum absolute atomic E-state index is 13.4. The van der Waals surface area contributed by atoms with Crippen LogP contribution in [0.25, 0.3) is 0 Å². The van der Waals surface area contributed by atoms with Crippen LogP contribution in [0.3, 0.4) is 0 Å². The van der Waals surface area contributed by atoms with Gasteiger partial charge in [-0.3, -0.25) is 4.79 Å². The van der Waals surface area contributed by atoms with Gasteiger partial charge in [0, 0.05) is 36.0 Å². The zero-order valence-electron chi connectivity index (χ0n) is 20.0. The van der Waals surface area contributed by atoms with Crippen molar-refractivity contribution >= 4 is 33.2 Å². The van der Waals surface area contributed by atoms with E-state index in [1.807, 2.05) is 26.0 Å². The van der Waals surface area contributed by atoms with Gasteiger partial charge >= 0.3 is 0 Å². The van der Waals surface area contributed by atoms with E-state index in [2.05, 4.69) is 26.1 Å². The van der Waals surface area contributed by atoms with Gasteiger partial charge in [-0.1, -0.05) is 15.9 Å². The summed E-state index contributed by atoms with van der Waals surface area (Å²) >= 11 is 4.07. The number of morpholine rings is 1. The summed E-state index contributed by atoms with van der Waals surface area (Å²) in [7, 11) is 0. The number of alkyl halides is 1. The molecular weight excluding hydrogens is 484 g/mol. The highest BCUT2D eigenvalue weighted by Crippen LogP contribution is 2.65. The van der Waals surface area contributed by atoms with E-state index < -0.39 is 0 Å². The van der Waals surface area contributed by atoms with Crippen LogP contribution in [0.5, 0.6) is 11.5 Å². The molecule has 4 bridgehead atoms. The van der Waals surface area contributed by atoms with E-state index in [9.17, 15) is 4.79 Å². The fourth-order valence-corrected chi connectivity index (χ4v) is 8.83. The summed E-state index contributed by atoms with van der Waals surface area (Å²) in [5.41, 5.74) is 1.85. The normalized spacial score (nSPS) is 32.6. The van der Waals surface area contributed by atoms with Crippen molar-refractivity contribution in [3.63, 3.8) is 0 Å². The Kier molecular flexibility index (Phi) is 6.55. The van der Waals surface area contributed by atoms with E-state index in [4.69, 9.17) is 14.2 Å². The minimum atomic E-state index is 0.0931. The van der Waals surface area contributed by atoms with Crippen molar-refractivity contribution in [2.75, 3.05) is 49.7 Å². The lowest BCUT2D eigenvalue weighted by Gasteiger charge is -2.60. The molecule has 0 radical (unpaired) electrons. The molecule has 1 amide bonds. The predicted molar refractivity (Wildman–Crippen MR) is 134 cm³/mol.